The number of nitrogens with one attached hydrogen (secondary N) is 1. The van der Waals surface area contributed by atoms with E-state index in [1.165, 1.54) is 18.4 Å². The highest BCUT2D eigenvalue weighted by Gasteiger charge is 2.10. The summed E-state index contributed by atoms with van der Waals surface area (Å²) in [5, 5.41) is 15.1. The quantitative estimate of drug-likeness (QED) is 0.620. The Labute approximate surface area is 153 Å². The Balaban J connectivity index is 0.00000225. The maximum atomic E-state index is 5.87. The Bertz CT molecular complexity index is 763. The summed E-state index contributed by atoms with van der Waals surface area (Å²) in [6, 6.07) is 18.0. The van der Waals surface area contributed by atoms with Crippen molar-refractivity contribution in [3.05, 3.63) is 60.2 Å². The van der Waals surface area contributed by atoms with Gasteiger partial charge in [-0.3, -0.25) is 0 Å². The van der Waals surface area contributed by atoms with Gasteiger partial charge < -0.3 is 10.1 Å². The van der Waals surface area contributed by atoms with E-state index in [0.29, 0.717) is 6.01 Å². The normalized spacial score (nSPS) is 10.3. The monoisotopic (exact) mass is 359 g/mol. The lowest BCUT2D eigenvalue weighted by Crippen LogP contribution is -2.14. The Morgan fingerprint density at radius 2 is 1.92 bits per heavy atom. The molecule has 0 aliphatic heterocycles. The van der Waals surface area contributed by atoms with Crippen LogP contribution in [-0.2, 0) is 6.54 Å². The van der Waals surface area contributed by atoms with Gasteiger partial charge in [-0.15, -0.1) is 12.4 Å². The van der Waals surface area contributed by atoms with Gasteiger partial charge in [-0.25, -0.2) is 0 Å². The fourth-order valence-electron chi connectivity index (χ4n) is 2.33. The highest BCUT2D eigenvalue weighted by atomic mass is 35.5. The van der Waals surface area contributed by atoms with Gasteiger partial charge in [-0.1, -0.05) is 48.8 Å². The SMILES string of the molecule is CCCCNCc1cccc(Oc2nnnn2-c2ccccc2)c1.Cl. The predicted octanol–water partition coefficient (Wildman–Crippen LogP) is 3.77. The molecule has 0 amide bonds. The molecule has 0 unspecified atom stereocenters. The topological polar surface area (TPSA) is 64.9 Å². The third kappa shape index (κ3) is 5.27. The molecule has 1 aromatic heterocycles. The number of tetrazole rings is 1. The molecule has 0 saturated heterocycles. The molecule has 0 fully saturated rings. The molecular formula is C18H22ClN5O. The fourth-order valence-corrected chi connectivity index (χ4v) is 2.33. The van der Waals surface area contributed by atoms with Crippen molar-refractivity contribution in [1.29, 1.82) is 0 Å². The molecule has 6 nitrogen and oxygen atoms in total. The summed E-state index contributed by atoms with van der Waals surface area (Å²) in [5.41, 5.74) is 2.03. The van der Waals surface area contributed by atoms with E-state index in [4.69, 9.17) is 4.74 Å². The first-order valence-corrected chi connectivity index (χ1v) is 8.18. The van der Waals surface area contributed by atoms with E-state index in [2.05, 4.69) is 33.8 Å². The average Bonchev–Trinajstić information content (AvgIpc) is 3.08. The van der Waals surface area contributed by atoms with E-state index < -0.39 is 0 Å². The number of nitrogens with zero attached hydrogens (tertiary/aromatic N) is 4. The summed E-state index contributed by atoms with van der Waals surface area (Å²) in [5.74, 6) is 0.719. The number of ether oxygens (including phenoxy) is 1. The Hall–Kier alpha value is -2.44. The van der Waals surface area contributed by atoms with Crippen LogP contribution in [-0.4, -0.2) is 26.8 Å². The van der Waals surface area contributed by atoms with Crippen molar-refractivity contribution in [2.24, 2.45) is 0 Å². The molecule has 0 bridgehead atoms. The molecule has 0 radical (unpaired) electrons. The first-order chi connectivity index (χ1) is 11.9. The maximum Gasteiger partial charge on any atom is 0.345 e. The number of para-hydroxylation sites is 1. The van der Waals surface area contributed by atoms with Crippen LogP contribution >= 0.6 is 12.4 Å². The van der Waals surface area contributed by atoms with Gasteiger partial charge in [0.25, 0.3) is 0 Å². The van der Waals surface area contributed by atoms with Crippen molar-refractivity contribution < 1.29 is 4.74 Å². The number of hydrogen-bond donors (Lipinski definition) is 1. The van der Waals surface area contributed by atoms with E-state index in [-0.39, 0.29) is 12.4 Å². The van der Waals surface area contributed by atoms with Crippen LogP contribution in [0.25, 0.3) is 5.69 Å². The smallest absolute Gasteiger partial charge is 0.345 e. The van der Waals surface area contributed by atoms with Crippen molar-refractivity contribution in [3.8, 4) is 17.4 Å². The first-order valence-electron chi connectivity index (χ1n) is 8.18. The van der Waals surface area contributed by atoms with E-state index in [1.54, 1.807) is 4.68 Å². The minimum atomic E-state index is 0. The third-order valence-electron chi connectivity index (χ3n) is 3.59. The molecule has 0 spiro atoms. The molecule has 25 heavy (non-hydrogen) atoms. The lowest BCUT2D eigenvalue weighted by atomic mass is 10.2. The van der Waals surface area contributed by atoms with Gasteiger partial charge in [0.05, 0.1) is 5.69 Å². The number of benzene rings is 2. The van der Waals surface area contributed by atoms with Crippen LogP contribution in [0.15, 0.2) is 54.6 Å². The van der Waals surface area contributed by atoms with Crippen molar-refractivity contribution in [1.82, 2.24) is 25.5 Å². The molecule has 7 heteroatoms. The number of rotatable bonds is 8. The summed E-state index contributed by atoms with van der Waals surface area (Å²) in [6.07, 6.45) is 2.38. The van der Waals surface area contributed by atoms with Crippen LogP contribution in [0.4, 0.5) is 0 Å². The number of halogens is 1. The Morgan fingerprint density at radius 3 is 2.72 bits per heavy atom. The maximum absolute atomic E-state index is 5.87. The van der Waals surface area contributed by atoms with Crippen LogP contribution < -0.4 is 10.1 Å². The fraction of sp³-hybridized carbons (Fsp3) is 0.278. The van der Waals surface area contributed by atoms with Gasteiger partial charge in [-0.05, 0) is 53.2 Å². The lowest BCUT2D eigenvalue weighted by Gasteiger charge is -2.08. The molecular weight excluding hydrogens is 338 g/mol. The predicted molar refractivity (Wildman–Crippen MR) is 99.5 cm³/mol. The van der Waals surface area contributed by atoms with Crippen LogP contribution in [0.5, 0.6) is 11.8 Å². The second-order valence-corrected chi connectivity index (χ2v) is 5.49. The van der Waals surface area contributed by atoms with Crippen molar-refractivity contribution in [2.75, 3.05) is 6.54 Å². The molecule has 132 valence electrons. The molecule has 0 atom stereocenters. The molecule has 1 N–H and O–H groups in total. The van der Waals surface area contributed by atoms with Crippen molar-refractivity contribution in [3.63, 3.8) is 0 Å². The average molecular weight is 360 g/mol. The minimum Gasteiger partial charge on any atom is -0.423 e. The highest BCUT2D eigenvalue weighted by Crippen LogP contribution is 2.22. The molecule has 2 aromatic carbocycles. The highest BCUT2D eigenvalue weighted by molar-refractivity contribution is 5.85. The summed E-state index contributed by atoms with van der Waals surface area (Å²) in [7, 11) is 0. The van der Waals surface area contributed by atoms with Crippen LogP contribution in [0.2, 0.25) is 0 Å². The van der Waals surface area contributed by atoms with Crippen LogP contribution in [0.1, 0.15) is 25.3 Å². The summed E-state index contributed by atoms with van der Waals surface area (Å²) >= 11 is 0. The van der Waals surface area contributed by atoms with Gasteiger partial charge in [0, 0.05) is 6.54 Å². The number of hydrogen-bond acceptors (Lipinski definition) is 5. The summed E-state index contributed by atoms with van der Waals surface area (Å²) < 4.78 is 7.45. The van der Waals surface area contributed by atoms with E-state index in [1.807, 2.05) is 48.5 Å². The van der Waals surface area contributed by atoms with Gasteiger partial charge >= 0.3 is 6.01 Å². The summed E-state index contributed by atoms with van der Waals surface area (Å²) in [6.45, 7) is 4.03. The Morgan fingerprint density at radius 1 is 1.08 bits per heavy atom. The number of aromatic nitrogens is 4. The molecule has 0 saturated carbocycles. The van der Waals surface area contributed by atoms with E-state index in [9.17, 15) is 0 Å². The zero-order valence-electron chi connectivity index (χ0n) is 14.1. The van der Waals surface area contributed by atoms with Gasteiger partial charge in [0.1, 0.15) is 5.75 Å². The van der Waals surface area contributed by atoms with Crippen LogP contribution in [0, 0.1) is 0 Å². The molecule has 1 heterocycles. The van der Waals surface area contributed by atoms with Gasteiger partial charge in [0.15, 0.2) is 0 Å². The Kier molecular flexibility index (Phi) is 7.37. The molecule has 0 aliphatic carbocycles. The largest absolute Gasteiger partial charge is 0.423 e. The second kappa shape index (κ2) is 9.76. The van der Waals surface area contributed by atoms with E-state index in [0.717, 1.165) is 24.5 Å². The molecule has 0 aliphatic rings. The zero-order chi connectivity index (χ0) is 16.6. The summed E-state index contributed by atoms with van der Waals surface area (Å²) in [4.78, 5) is 0. The second-order valence-electron chi connectivity index (χ2n) is 5.49. The van der Waals surface area contributed by atoms with Crippen molar-refractivity contribution in [2.45, 2.75) is 26.3 Å². The first kappa shape index (κ1) is 18.9. The standard InChI is InChI=1S/C18H21N5O.ClH/c1-2-3-12-19-14-15-8-7-11-17(13-15)24-18-20-21-22-23(18)16-9-5-4-6-10-16;/h4-11,13,19H,2-3,12,14H2,1H3;1H. The molecule has 3 rings (SSSR count). The minimum absolute atomic E-state index is 0. The third-order valence-corrected chi connectivity index (χ3v) is 3.59. The number of unbranched alkanes of at least 4 members (excludes halogenated alkanes) is 1. The van der Waals surface area contributed by atoms with Gasteiger partial charge in [-0.2, -0.15) is 4.68 Å². The molecule has 3 aromatic rings. The van der Waals surface area contributed by atoms with E-state index >= 15 is 0 Å². The lowest BCUT2D eigenvalue weighted by molar-refractivity contribution is 0.426. The zero-order valence-corrected chi connectivity index (χ0v) is 14.9. The van der Waals surface area contributed by atoms with Gasteiger partial charge in [0.2, 0.25) is 0 Å². The van der Waals surface area contributed by atoms with Crippen LogP contribution in [0.3, 0.4) is 0 Å². The van der Waals surface area contributed by atoms with Crippen molar-refractivity contribution >= 4 is 12.4 Å².